The largest absolute Gasteiger partial charge is 0.302 e. The summed E-state index contributed by atoms with van der Waals surface area (Å²) in [4.78, 5) is 12.0. The molecule has 1 aliphatic heterocycles. The molecule has 1 fully saturated rings. The van der Waals surface area contributed by atoms with Gasteiger partial charge >= 0.3 is 0 Å². The molecule has 0 spiro atoms. The van der Waals surface area contributed by atoms with E-state index in [1.54, 1.807) is 0 Å². The Hall–Kier alpha value is -1.20. The van der Waals surface area contributed by atoms with Crippen LogP contribution in [0.4, 0.5) is 5.82 Å². The van der Waals surface area contributed by atoms with Crippen LogP contribution in [0.2, 0.25) is 0 Å². The quantitative estimate of drug-likeness (QED) is 0.920. The number of fused-ring (bicyclic) bond motifs is 3. The molecule has 3 heterocycles. The lowest BCUT2D eigenvalue weighted by Crippen LogP contribution is -2.35. The number of piperidine rings is 1. The van der Waals surface area contributed by atoms with Crippen LogP contribution in [0.25, 0.3) is 10.2 Å². The maximum atomic E-state index is 4.69. The summed E-state index contributed by atoms with van der Waals surface area (Å²) in [6.45, 7) is 4.24. The molecule has 2 aliphatic rings. The Labute approximate surface area is 123 Å². The Balaban J connectivity index is 1.76. The van der Waals surface area contributed by atoms with Crippen molar-refractivity contribution in [3.8, 4) is 0 Å². The third kappa shape index (κ3) is 2.09. The zero-order valence-corrected chi connectivity index (χ0v) is 12.7. The number of rotatable bonds is 2. The molecule has 0 atom stereocenters. The van der Waals surface area contributed by atoms with Crippen LogP contribution in [0.5, 0.6) is 0 Å². The van der Waals surface area contributed by atoms with Gasteiger partial charge in [0.05, 0.1) is 5.39 Å². The molecule has 106 valence electrons. The molecule has 0 amide bonds. The summed E-state index contributed by atoms with van der Waals surface area (Å²) in [6.07, 6.45) is 7.61. The lowest BCUT2D eigenvalue weighted by molar-refractivity contribution is 0.272. The molecular formula is C15H20N4S. The molecule has 4 rings (SSSR count). The molecule has 2 aromatic rings. The zero-order valence-electron chi connectivity index (χ0n) is 11.9. The van der Waals surface area contributed by atoms with Crippen LogP contribution in [-0.2, 0) is 12.8 Å². The van der Waals surface area contributed by atoms with E-state index in [4.69, 9.17) is 0 Å². The molecule has 0 unspecified atom stereocenters. The molecule has 2 aromatic heterocycles. The van der Waals surface area contributed by atoms with Gasteiger partial charge in [0.1, 0.15) is 10.7 Å². The lowest BCUT2D eigenvalue weighted by Gasteiger charge is -2.27. The van der Waals surface area contributed by atoms with E-state index in [-0.39, 0.29) is 0 Å². The Morgan fingerprint density at radius 1 is 1.05 bits per heavy atom. The Kier molecular flexibility index (Phi) is 3.11. The van der Waals surface area contributed by atoms with Crippen LogP contribution in [-0.4, -0.2) is 28.1 Å². The second-order valence-electron chi connectivity index (χ2n) is 5.82. The van der Waals surface area contributed by atoms with Gasteiger partial charge in [0, 0.05) is 18.0 Å². The SMILES string of the molecule is Cc1nc(NN2CCCCC2)c2c3c(sc2n1)CCC3. The fourth-order valence-corrected chi connectivity index (χ4v) is 4.65. The lowest BCUT2D eigenvalue weighted by atomic mass is 10.1. The molecule has 0 aromatic carbocycles. The molecule has 1 saturated heterocycles. The van der Waals surface area contributed by atoms with Crippen LogP contribution >= 0.6 is 11.3 Å². The average Bonchev–Trinajstić information content (AvgIpc) is 2.99. The fraction of sp³-hybridized carbons (Fsp3) is 0.600. The Morgan fingerprint density at radius 3 is 2.75 bits per heavy atom. The third-order valence-electron chi connectivity index (χ3n) is 4.30. The van der Waals surface area contributed by atoms with Gasteiger partial charge in [-0.3, -0.25) is 0 Å². The van der Waals surface area contributed by atoms with E-state index < -0.39 is 0 Å². The van der Waals surface area contributed by atoms with Crippen molar-refractivity contribution in [1.82, 2.24) is 15.0 Å². The van der Waals surface area contributed by atoms with Gasteiger partial charge in [0.25, 0.3) is 0 Å². The average molecular weight is 288 g/mol. The van der Waals surface area contributed by atoms with Crippen molar-refractivity contribution < 1.29 is 0 Å². The van der Waals surface area contributed by atoms with Gasteiger partial charge in [-0.1, -0.05) is 6.42 Å². The first kappa shape index (κ1) is 12.5. The monoisotopic (exact) mass is 288 g/mol. The van der Waals surface area contributed by atoms with Crippen molar-refractivity contribution in [2.75, 3.05) is 18.5 Å². The predicted octanol–water partition coefficient (Wildman–Crippen LogP) is 3.30. The van der Waals surface area contributed by atoms with E-state index >= 15 is 0 Å². The number of aromatic nitrogens is 2. The van der Waals surface area contributed by atoms with Crippen LogP contribution in [0.3, 0.4) is 0 Å². The van der Waals surface area contributed by atoms with E-state index in [1.807, 2.05) is 18.3 Å². The number of hydrogen-bond donors (Lipinski definition) is 1. The number of hydrazine groups is 1. The van der Waals surface area contributed by atoms with Crippen LogP contribution in [0.15, 0.2) is 0 Å². The number of nitrogens with zero attached hydrogens (tertiary/aromatic N) is 3. The van der Waals surface area contributed by atoms with Crippen molar-refractivity contribution >= 4 is 27.4 Å². The number of aryl methyl sites for hydroxylation is 3. The molecule has 5 heteroatoms. The molecule has 4 nitrogen and oxygen atoms in total. The first-order valence-electron chi connectivity index (χ1n) is 7.62. The summed E-state index contributed by atoms with van der Waals surface area (Å²) in [7, 11) is 0. The van der Waals surface area contributed by atoms with Crippen molar-refractivity contribution in [3.05, 3.63) is 16.3 Å². The number of anilines is 1. The van der Waals surface area contributed by atoms with Gasteiger partial charge in [0.2, 0.25) is 0 Å². The summed E-state index contributed by atoms with van der Waals surface area (Å²) < 4.78 is 0. The van der Waals surface area contributed by atoms with Crippen molar-refractivity contribution in [2.45, 2.75) is 45.4 Å². The summed E-state index contributed by atoms with van der Waals surface area (Å²) in [6, 6.07) is 0. The standard InChI is InChI=1S/C15H20N4S/c1-10-16-14(18-19-8-3-2-4-9-19)13-11-6-5-7-12(11)20-15(13)17-10/h2-9H2,1H3,(H,16,17,18). The van der Waals surface area contributed by atoms with E-state index in [9.17, 15) is 0 Å². The number of hydrogen-bond acceptors (Lipinski definition) is 5. The van der Waals surface area contributed by atoms with Crippen molar-refractivity contribution in [1.29, 1.82) is 0 Å². The summed E-state index contributed by atoms with van der Waals surface area (Å²) >= 11 is 1.87. The van der Waals surface area contributed by atoms with Gasteiger partial charge in [-0.15, -0.1) is 11.3 Å². The van der Waals surface area contributed by atoms with Gasteiger partial charge < -0.3 is 5.43 Å². The molecule has 1 aliphatic carbocycles. The summed E-state index contributed by atoms with van der Waals surface area (Å²) in [5, 5.41) is 3.61. The van der Waals surface area contributed by atoms with Crippen molar-refractivity contribution in [2.24, 2.45) is 0 Å². The highest BCUT2D eigenvalue weighted by atomic mass is 32.1. The molecule has 0 radical (unpaired) electrons. The second-order valence-corrected chi connectivity index (χ2v) is 6.90. The second kappa shape index (κ2) is 4.97. The fourth-order valence-electron chi connectivity index (χ4n) is 3.34. The maximum absolute atomic E-state index is 4.69. The number of nitrogens with one attached hydrogen (secondary N) is 1. The third-order valence-corrected chi connectivity index (χ3v) is 5.48. The highest BCUT2D eigenvalue weighted by Gasteiger charge is 2.23. The van der Waals surface area contributed by atoms with Crippen molar-refractivity contribution in [3.63, 3.8) is 0 Å². The normalized spacial score (nSPS) is 19.4. The Morgan fingerprint density at radius 2 is 1.90 bits per heavy atom. The minimum atomic E-state index is 0.872. The van der Waals surface area contributed by atoms with Crippen LogP contribution in [0.1, 0.15) is 41.9 Å². The minimum Gasteiger partial charge on any atom is -0.302 e. The van der Waals surface area contributed by atoms with Gasteiger partial charge in [-0.25, -0.2) is 15.0 Å². The van der Waals surface area contributed by atoms with E-state index in [1.165, 1.54) is 59.2 Å². The molecule has 0 saturated carbocycles. The summed E-state index contributed by atoms with van der Waals surface area (Å²) in [5.74, 6) is 1.91. The molecule has 1 N–H and O–H groups in total. The van der Waals surface area contributed by atoms with Gasteiger partial charge in [-0.05, 0) is 44.6 Å². The maximum Gasteiger partial charge on any atom is 0.153 e. The predicted molar refractivity (Wildman–Crippen MR) is 83.2 cm³/mol. The smallest absolute Gasteiger partial charge is 0.153 e. The first-order chi connectivity index (χ1) is 9.81. The molecular weight excluding hydrogens is 268 g/mol. The van der Waals surface area contributed by atoms with Gasteiger partial charge in [-0.2, -0.15) is 0 Å². The molecule has 0 bridgehead atoms. The highest BCUT2D eigenvalue weighted by Crippen LogP contribution is 2.39. The van der Waals surface area contributed by atoms with E-state index in [0.717, 1.165) is 24.7 Å². The topological polar surface area (TPSA) is 41.1 Å². The van der Waals surface area contributed by atoms with E-state index in [2.05, 4.69) is 20.4 Å². The van der Waals surface area contributed by atoms with Crippen LogP contribution in [0, 0.1) is 6.92 Å². The zero-order chi connectivity index (χ0) is 13.5. The van der Waals surface area contributed by atoms with Crippen LogP contribution < -0.4 is 5.43 Å². The van der Waals surface area contributed by atoms with Gasteiger partial charge in [0.15, 0.2) is 5.82 Å². The van der Waals surface area contributed by atoms with E-state index in [0.29, 0.717) is 0 Å². The first-order valence-corrected chi connectivity index (χ1v) is 8.43. The summed E-state index contributed by atoms with van der Waals surface area (Å²) in [5.41, 5.74) is 5.07. The minimum absolute atomic E-state index is 0.872. The molecule has 20 heavy (non-hydrogen) atoms. The number of thiophene rings is 1. The Bertz CT molecular complexity index is 643. The highest BCUT2D eigenvalue weighted by molar-refractivity contribution is 7.19.